The predicted octanol–water partition coefficient (Wildman–Crippen LogP) is 4.74. The van der Waals surface area contributed by atoms with Crippen molar-refractivity contribution in [1.82, 2.24) is 19.5 Å². The first-order valence-electron chi connectivity index (χ1n) is 9.33. The number of rotatable bonds is 5. The van der Waals surface area contributed by atoms with Gasteiger partial charge in [0, 0.05) is 30.1 Å². The molecule has 3 heterocycles. The number of imidazole rings is 1. The highest BCUT2D eigenvalue weighted by Gasteiger charge is 2.16. The van der Waals surface area contributed by atoms with Crippen LogP contribution in [-0.4, -0.2) is 26.3 Å². The molecule has 1 aliphatic rings. The molecule has 5 rings (SSSR count). The van der Waals surface area contributed by atoms with Gasteiger partial charge in [-0.2, -0.15) is 4.98 Å². The van der Waals surface area contributed by atoms with Crippen LogP contribution in [0.15, 0.2) is 61.2 Å². The normalized spacial score (nSPS) is 12.2. The van der Waals surface area contributed by atoms with Gasteiger partial charge >= 0.3 is 0 Å². The summed E-state index contributed by atoms with van der Waals surface area (Å²) < 4.78 is 18.7. The van der Waals surface area contributed by atoms with Gasteiger partial charge in [0.15, 0.2) is 11.5 Å². The average molecular weight is 421 g/mol. The van der Waals surface area contributed by atoms with Crippen LogP contribution in [-0.2, 0) is 6.42 Å². The number of ether oxygens (including phenoxy) is 3. The number of nitrogens with zero attached hydrogens (tertiary/aromatic N) is 4. The SMILES string of the molecule is Cc1c(Cl)nc(Cc2ccc3c(c2)OCO3)nc1Oc1ccc(-n2ccnc2)cc1. The molecule has 0 bridgehead atoms. The average Bonchev–Trinajstić information content (AvgIpc) is 3.44. The molecule has 0 unspecified atom stereocenters. The van der Waals surface area contributed by atoms with Crippen LogP contribution < -0.4 is 14.2 Å². The van der Waals surface area contributed by atoms with Crippen molar-refractivity contribution >= 4 is 11.6 Å². The summed E-state index contributed by atoms with van der Waals surface area (Å²) in [5, 5.41) is 0.366. The van der Waals surface area contributed by atoms with E-state index in [-0.39, 0.29) is 6.79 Å². The van der Waals surface area contributed by atoms with E-state index in [0.29, 0.717) is 34.6 Å². The molecule has 0 radical (unpaired) electrons. The zero-order valence-corrected chi connectivity index (χ0v) is 16.8. The first-order chi connectivity index (χ1) is 14.7. The van der Waals surface area contributed by atoms with Crippen molar-refractivity contribution in [3.8, 4) is 28.8 Å². The molecule has 0 aliphatic carbocycles. The van der Waals surface area contributed by atoms with Crippen molar-refractivity contribution in [3.63, 3.8) is 0 Å². The fourth-order valence-corrected chi connectivity index (χ4v) is 3.31. The molecule has 0 saturated carbocycles. The Kier molecular flexibility index (Phi) is 4.72. The summed E-state index contributed by atoms with van der Waals surface area (Å²) in [4.78, 5) is 13.0. The second-order valence-corrected chi connectivity index (χ2v) is 7.15. The molecule has 1 aliphatic heterocycles. The third-order valence-corrected chi connectivity index (χ3v) is 5.11. The van der Waals surface area contributed by atoms with Gasteiger partial charge in [-0.15, -0.1) is 0 Å². The minimum Gasteiger partial charge on any atom is -0.454 e. The Morgan fingerprint density at radius 3 is 2.70 bits per heavy atom. The quantitative estimate of drug-likeness (QED) is 0.434. The first-order valence-corrected chi connectivity index (χ1v) is 9.71. The van der Waals surface area contributed by atoms with Crippen molar-refractivity contribution in [2.24, 2.45) is 0 Å². The highest BCUT2D eigenvalue weighted by atomic mass is 35.5. The minimum absolute atomic E-state index is 0.239. The van der Waals surface area contributed by atoms with E-state index in [1.807, 2.05) is 60.2 Å². The summed E-state index contributed by atoms with van der Waals surface area (Å²) in [6.45, 7) is 2.07. The van der Waals surface area contributed by atoms with Gasteiger partial charge in [0.2, 0.25) is 12.7 Å². The van der Waals surface area contributed by atoms with Crippen LogP contribution in [0.5, 0.6) is 23.1 Å². The second-order valence-electron chi connectivity index (χ2n) is 6.79. The minimum atomic E-state index is 0.239. The van der Waals surface area contributed by atoms with Crippen LogP contribution in [0.25, 0.3) is 5.69 Å². The summed E-state index contributed by atoms with van der Waals surface area (Å²) in [7, 11) is 0. The van der Waals surface area contributed by atoms with Crippen LogP contribution in [0.3, 0.4) is 0 Å². The standard InChI is InChI=1S/C22H17ClN4O3/c1-14-21(23)25-20(11-15-2-7-18-19(10-15)29-13-28-18)26-22(14)30-17-5-3-16(4-6-17)27-9-8-24-12-27/h2-10,12H,11,13H2,1H3. The first kappa shape index (κ1) is 18.4. The van der Waals surface area contributed by atoms with Crippen LogP contribution >= 0.6 is 11.6 Å². The van der Waals surface area contributed by atoms with Gasteiger partial charge in [-0.3, -0.25) is 0 Å². The van der Waals surface area contributed by atoms with E-state index < -0.39 is 0 Å². The van der Waals surface area contributed by atoms with Gasteiger partial charge in [0.1, 0.15) is 16.7 Å². The Morgan fingerprint density at radius 2 is 1.90 bits per heavy atom. The number of hydrogen-bond donors (Lipinski definition) is 0. The van der Waals surface area contributed by atoms with Gasteiger partial charge in [0.25, 0.3) is 0 Å². The lowest BCUT2D eigenvalue weighted by atomic mass is 10.1. The lowest BCUT2D eigenvalue weighted by Crippen LogP contribution is -2.02. The van der Waals surface area contributed by atoms with Gasteiger partial charge in [-0.1, -0.05) is 17.7 Å². The molecule has 2 aromatic heterocycles. The second kappa shape index (κ2) is 7.68. The van der Waals surface area contributed by atoms with Crippen LogP contribution in [0.4, 0.5) is 0 Å². The molecule has 8 heteroatoms. The number of hydrogen-bond acceptors (Lipinski definition) is 6. The van der Waals surface area contributed by atoms with Gasteiger partial charge < -0.3 is 18.8 Å². The smallest absolute Gasteiger partial charge is 0.231 e. The summed E-state index contributed by atoms with van der Waals surface area (Å²) in [6.07, 6.45) is 5.85. The molecule has 0 saturated heterocycles. The van der Waals surface area contributed by atoms with Crippen LogP contribution in [0.2, 0.25) is 5.15 Å². The third kappa shape index (κ3) is 3.67. The molecular weight excluding hydrogens is 404 g/mol. The molecule has 0 amide bonds. The molecule has 7 nitrogen and oxygen atoms in total. The molecule has 0 atom stereocenters. The Bertz CT molecular complexity index is 1190. The Balaban J connectivity index is 1.38. The highest BCUT2D eigenvalue weighted by Crippen LogP contribution is 2.33. The predicted molar refractivity (Wildman–Crippen MR) is 111 cm³/mol. The van der Waals surface area contributed by atoms with E-state index in [4.69, 9.17) is 25.8 Å². The van der Waals surface area contributed by atoms with Crippen molar-refractivity contribution in [2.45, 2.75) is 13.3 Å². The maximum absolute atomic E-state index is 6.35. The maximum atomic E-state index is 6.35. The fourth-order valence-electron chi connectivity index (χ4n) is 3.13. The zero-order chi connectivity index (χ0) is 20.5. The van der Waals surface area contributed by atoms with E-state index in [9.17, 15) is 0 Å². The molecule has 0 fully saturated rings. The largest absolute Gasteiger partial charge is 0.454 e. The van der Waals surface area contributed by atoms with Gasteiger partial charge in [0.05, 0.1) is 6.33 Å². The lowest BCUT2D eigenvalue weighted by Gasteiger charge is -2.11. The zero-order valence-electron chi connectivity index (χ0n) is 16.1. The highest BCUT2D eigenvalue weighted by molar-refractivity contribution is 6.30. The monoisotopic (exact) mass is 420 g/mol. The Hall–Kier alpha value is -3.58. The lowest BCUT2D eigenvalue weighted by molar-refractivity contribution is 0.174. The van der Waals surface area contributed by atoms with E-state index in [1.165, 1.54) is 0 Å². The molecule has 0 spiro atoms. The van der Waals surface area contributed by atoms with Crippen molar-refractivity contribution in [2.75, 3.05) is 6.79 Å². The summed E-state index contributed by atoms with van der Waals surface area (Å²) in [5.74, 6) is 3.12. The Morgan fingerprint density at radius 1 is 1.07 bits per heavy atom. The maximum Gasteiger partial charge on any atom is 0.231 e. The van der Waals surface area contributed by atoms with Crippen molar-refractivity contribution in [3.05, 3.63) is 83.3 Å². The van der Waals surface area contributed by atoms with Gasteiger partial charge in [-0.25, -0.2) is 9.97 Å². The fraction of sp³-hybridized carbons (Fsp3) is 0.136. The summed E-state index contributed by atoms with van der Waals surface area (Å²) in [5.41, 5.74) is 2.67. The number of aromatic nitrogens is 4. The van der Waals surface area contributed by atoms with E-state index in [2.05, 4.69) is 15.0 Å². The summed E-state index contributed by atoms with van der Waals surface area (Å²) in [6, 6.07) is 13.4. The molecule has 0 N–H and O–H groups in total. The molecule has 150 valence electrons. The van der Waals surface area contributed by atoms with Crippen molar-refractivity contribution in [1.29, 1.82) is 0 Å². The Labute approximate surface area is 177 Å². The molecule has 4 aromatic rings. The van der Waals surface area contributed by atoms with Crippen LogP contribution in [0, 0.1) is 6.92 Å². The molecular formula is C22H17ClN4O3. The summed E-state index contributed by atoms with van der Waals surface area (Å²) >= 11 is 6.35. The molecule has 2 aromatic carbocycles. The number of benzene rings is 2. The van der Waals surface area contributed by atoms with E-state index in [0.717, 1.165) is 22.7 Å². The van der Waals surface area contributed by atoms with E-state index in [1.54, 1.807) is 12.5 Å². The van der Waals surface area contributed by atoms with E-state index >= 15 is 0 Å². The number of fused-ring (bicyclic) bond motifs is 1. The van der Waals surface area contributed by atoms with Crippen LogP contribution in [0.1, 0.15) is 17.0 Å². The van der Waals surface area contributed by atoms with Gasteiger partial charge in [-0.05, 0) is 48.9 Å². The third-order valence-electron chi connectivity index (χ3n) is 4.74. The number of halogens is 1. The topological polar surface area (TPSA) is 71.3 Å². The van der Waals surface area contributed by atoms with Crippen molar-refractivity contribution < 1.29 is 14.2 Å². The molecule has 30 heavy (non-hydrogen) atoms.